The minimum absolute atomic E-state index is 0.609. The van der Waals surface area contributed by atoms with E-state index in [-0.39, 0.29) is 0 Å². The molecule has 0 amide bonds. The Morgan fingerprint density at radius 1 is 1.31 bits per heavy atom. The third-order valence-electron chi connectivity index (χ3n) is 2.12. The van der Waals surface area contributed by atoms with Crippen molar-refractivity contribution >= 4 is 0 Å². The summed E-state index contributed by atoms with van der Waals surface area (Å²) >= 11 is 0. The topological polar surface area (TPSA) is 66.0 Å². The molecule has 16 heavy (non-hydrogen) atoms. The zero-order valence-corrected chi connectivity index (χ0v) is 9.13. The van der Waals surface area contributed by atoms with Crippen molar-refractivity contribution < 1.29 is 4.74 Å². The highest BCUT2D eigenvalue weighted by atomic mass is 16.5. The van der Waals surface area contributed by atoms with Gasteiger partial charge in [0.15, 0.2) is 5.75 Å². The lowest BCUT2D eigenvalue weighted by atomic mass is 10.2. The molecule has 0 aliphatic rings. The maximum atomic E-state index is 5.60. The van der Waals surface area contributed by atoms with Crippen LogP contribution < -0.4 is 10.5 Å². The highest BCUT2D eigenvalue weighted by molar-refractivity contribution is 5.28. The second kappa shape index (κ2) is 4.76. The summed E-state index contributed by atoms with van der Waals surface area (Å²) in [5.74, 6) is 1.41. The van der Waals surface area contributed by atoms with E-state index in [1.807, 2.05) is 13.1 Å². The fraction of sp³-hybridized carbons (Fsp3) is 0.273. The molecule has 0 saturated carbocycles. The normalized spacial score (nSPS) is 10.4. The Morgan fingerprint density at radius 2 is 2.19 bits per heavy atom. The molecule has 5 nitrogen and oxygen atoms in total. The van der Waals surface area contributed by atoms with Gasteiger partial charge in [-0.15, -0.1) is 0 Å². The van der Waals surface area contributed by atoms with Gasteiger partial charge in [-0.05, 0) is 24.6 Å². The maximum Gasteiger partial charge on any atom is 0.165 e. The summed E-state index contributed by atoms with van der Waals surface area (Å²) in [4.78, 5) is 4.10. The van der Waals surface area contributed by atoms with Crippen molar-refractivity contribution in [3.8, 4) is 11.5 Å². The second-order valence-electron chi connectivity index (χ2n) is 3.52. The number of hydrogen-bond acceptors (Lipinski definition) is 4. The smallest absolute Gasteiger partial charge is 0.165 e. The average molecular weight is 218 g/mol. The van der Waals surface area contributed by atoms with Gasteiger partial charge in [0.1, 0.15) is 5.75 Å². The van der Waals surface area contributed by atoms with Gasteiger partial charge in [-0.1, -0.05) is 0 Å². The third-order valence-corrected chi connectivity index (χ3v) is 2.12. The molecule has 5 heteroatoms. The summed E-state index contributed by atoms with van der Waals surface area (Å²) in [5.41, 5.74) is 6.56. The lowest BCUT2D eigenvalue weighted by Gasteiger charge is -2.04. The molecule has 0 aromatic carbocycles. The highest BCUT2D eigenvalue weighted by Crippen LogP contribution is 2.20. The number of hydrogen-bond donors (Lipinski definition) is 1. The van der Waals surface area contributed by atoms with Gasteiger partial charge in [0.05, 0.1) is 18.6 Å². The Kier molecular flexibility index (Phi) is 3.16. The van der Waals surface area contributed by atoms with Crippen LogP contribution >= 0.6 is 0 Å². The van der Waals surface area contributed by atoms with E-state index >= 15 is 0 Å². The number of aryl methyl sites for hydroxylation is 1. The third kappa shape index (κ3) is 2.58. The Bertz CT molecular complexity index is 467. The van der Waals surface area contributed by atoms with Crippen LogP contribution in [0.3, 0.4) is 0 Å². The quantitative estimate of drug-likeness (QED) is 0.834. The molecule has 0 aliphatic carbocycles. The van der Waals surface area contributed by atoms with Gasteiger partial charge in [0.25, 0.3) is 0 Å². The average Bonchev–Trinajstić information content (AvgIpc) is 2.65. The molecule has 0 unspecified atom stereocenters. The lowest BCUT2D eigenvalue weighted by Crippen LogP contribution is -2.02. The SMILES string of the molecule is Cn1cc(Oc2cncc(CCN)c2)cn1. The van der Waals surface area contributed by atoms with E-state index in [0.717, 1.165) is 12.0 Å². The summed E-state index contributed by atoms with van der Waals surface area (Å²) in [6, 6.07) is 1.94. The van der Waals surface area contributed by atoms with E-state index in [9.17, 15) is 0 Å². The molecular weight excluding hydrogens is 204 g/mol. The number of aromatic nitrogens is 3. The van der Waals surface area contributed by atoms with Crippen LogP contribution in [0.4, 0.5) is 0 Å². The Labute approximate surface area is 93.9 Å². The van der Waals surface area contributed by atoms with Gasteiger partial charge in [-0.3, -0.25) is 9.67 Å². The maximum absolute atomic E-state index is 5.60. The van der Waals surface area contributed by atoms with E-state index in [0.29, 0.717) is 18.0 Å². The fourth-order valence-electron chi connectivity index (χ4n) is 1.41. The molecule has 0 aliphatic heterocycles. The minimum atomic E-state index is 0.609. The monoisotopic (exact) mass is 218 g/mol. The van der Waals surface area contributed by atoms with E-state index in [1.54, 1.807) is 29.5 Å². The molecule has 2 aromatic rings. The van der Waals surface area contributed by atoms with Gasteiger partial charge < -0.3 is 10.5 Å². The highest BCUT2D eigenvalue weighted by Gasteiger charge is 2.01. The molecule has 2 aromatic heterocycles. The first kappa shape index (κ1) is 10.6. The van der Waals surface area contributed by atoms with Gasteiger partial charge in [0.2, 0.25) is 0 Å². The van der Waals surface area contributed by atoms with Crippen LogP contribution in [0.2, 0.25) is 0 Å². The van der Waals surface area contributed by atoms with E-state index in [2.05, 4.69) is 10.1 Å². The first-order valence-corrected chi connectivity index (χ1v) is 5.08. The summed E-state index contributed by atoms with van der Waals surface area (Å²) in [6.07, 6.45) is 7.73. The molecule has 0 spiro atoms. The molecule has 0 bridgehead atoms. The van der Waals surface area contributed by atoms with E-state index < -0.39 is 0 Å². The summed E-state index contributed by atoms with van der Waals surface area (Å²) in [7, 11) is 1.84. The van der Waals surface area contributed by atoms with Gasteiger partial charge >= 0.3 is 0 Å². The van der Waals surface area contributed by atoms with Crippen molar-refractivity contribution in [3.63, 3.8) is 0 Å². The largest absolute Gasteiger partial charge is 0.452 e. The zero-order valence-electron chi connectivity index (χ0n) is 9.13. The van der Waals surface area contributed by atoms with Crippen LogP contribution in [-0.4, -0.2) is 21.3 Å². The van der Waals surface area contributed by atoms with Gasteiger partial charge in [-0.25, -0.2) is 0 Å². The number of rotatable bonds is 4. The Morgan fingerprint density at radius 3 is 2.88 bits per heavy atom. The Balaban J connectivity index is 2.12. The van der Waals surface area contributed by atoms with Crippen LogP contribution in [0.15, 0.2) is 30.9 Å². The van der Waals surface area contributed by atoms with Crippen molar-refractivity contribution in [3.05, 3.63) is 36.4 Å². The predicted molar refractivity (Wildman–Crippen MR) is 60.3 cm³/mol. The van der Waals surface area contributed by atoms with Crippen molar-refractivity contribution in [1.29, 1.82) is 0 Å². The fourth-order valence-corrected chi connectivity index (χ4v) is 1.41. The van der Waals surface area contributed by atoms with Crippen LogP contribution in [-0.2, 0) is 13.5 Å². The number of nitrogens with zero attached hydrogens (tertiary/aromatic N) is 3. The number of pyridine rings is 1. The zero-order chi connectivity index (χ0) is 11.4. The van der Waals surface area contributed by atoms with Gasteiger partial charge in [-0.2, -0.15) is 5.10 Å². The summed E-state index contributed by atoms with van der Waals surface area (Å²) in [6.45, 7) is 0.609. The number of nitrogens with two attached hydrogens (primary N) is 1. The minimum Gasteiger partial charge on any atom is -0.452 e. The van der Waals surface area contributed by atoms with Crippen LogP contribution in [0.5, 0.6) is 11.5 Å². The molecule has 84 valence electrons. The van der Waals surface area contributed by atoms with Crippen LogP contribution in [0.25, 0.3) is 0 Å². The van der Waals surface area contributed by atoms with Gasteiger partial charge in [0, 0.05) is 13.2 Å². The predicted octanol–water partition coefficient (Wildman–Crippen LogP) is 1.11. The second-order valence-corrected chi connectivity index (χ2v) is 3.52. The summed E-state index contributed by atoms with van der Waals surface area (Å²) in [5, 5.41) is 4.02. The van der Waals surface area contributed by atoms with Crippen LogP contribution in [0, 0.1) is 0 Å². The molecule has 2 N–H and O–H groups in total. The van der Waals surface area contributed by atoms with Crippen molar-refractivity contribution in [2.24, 2.45) is 12.8 Å². The molecule has 2 heterocycles. The molecule has 0 fully saturated rings. The Hall–Kier alpha value is -1.88. The summed E-state index contributed by atoms with van der Waals surface area (Å²) < 4.78 is 7.29. The van der Waals surface area contributed by atoms with Crippen molar-refractivity contribution in [1.82, 2.24) is 14.8 Å². The number of ether oxygens (including phenoxy) is 1. The first-order valence-electron chi connectivity index (χ1n) is 5.08. The molecule has 0 radical (unpaired) electrons. The van der Waals surface area contributed by atoms with E-state index in [1.165, 1.54) is 0 Å². The molecular formula is C11H14N4O. The standard InChI is InChI=1S/C11H14N4O/c1-15-8-11(7-14-15)16-10-4-9(2-3-12)5-13-6-10/h4-8H,2-3,12H2,1H3. The van der Waals surface area contributed by atoms with E-state index in [4.69, 9.17) is 10.5 Å². The van der Waals surface area contributed by atoms with Crippen LogP contribution in [0.1, 0.15) is 5.56 Å². The molecule has 2 rings (SSSR count). The lowest BCUT2D eigenvalue weighted by molar-refractivity contribution is 0.479. The molecule has 0 atom stereocenters. The van der Waals surface area contributed by atoms with Crippen molar-refractivity contribution in [2.45, 2.75) is 6.42 Å². The molecule has 0 saturated heterocycles. The first-order chi connectivity index (χ1) is 7.78. The van der Waals surface area contributed by atoms with Crippen molar-refractivity contribution in [2.75, 3.05) is 6.54 Å².